The Hall–Kier alpha value is -3.65. The maximum Gasteiger partial charge on any atom is 0.264 e. The van der Waals surface area contributed by atoms with E-state index in [1.165, 1.54) is 16.9 Å². The summed E-state index contributed by atoms with van der Waals surface area (Å²) in [5.74, 6) is 0.167. The lowest BCUT2D eigenvalue weighted by molar-refractivity contribution is 0.102. The fourth-order valence-electron chi connectivity index (χ4n) is 2.78. The van der Waals surface area contributed by atoms with Crippen LogP contribution in [0.4, 0.5) is 5.69 Å². The smallest absolute Gasteiger partial charge is 0.264 e. The number of hydrogen-bond acceptors (Lipinski definition) is 5. The number of carbonyl (C=O) groups is 1. The molecule has 0 aliphatic heterocycles. The van der Waals surface area contributed by atoms with Gasteiger partial charge in [0.05, 0.1) is 23.1 Å². The van der Waals surface area contributed by atoms with Crippen LogP contribution in [0.25, 0.3) is 5.82 Å². The number of amides is 1. The second kappa shape index (κ2) is 8.15. The van der Waals surface area contributed by atoms with Gasteiger partial charge in [0, 0.05) is 15.9 Å². The molecule has 2 aromatic heterocycles. The molecule has 1 amide bonds. The highest BCUT2D eigenvalue weighted by Gasteiger charge is 2.17. The molecule has 0 saturated carbocycles. The lowest BCUT2D eigenvalue weighted by Crippen LogP contribution is -2.14. The van der Waals surface area contributed by atoms with Crippen LogP contribution in [0.1, 0.15) is 16.1 Å². The number of rotatable bonds is 5. The molecule has 0 aliphatic carbocycles. The summed E-state index contributed by atoms with van der Waals surface area (Å²) in [4.78, 5) is 26.1. The molecule has 0 bridgehead atoms. The van der Waals surface area contributed by atoms with Crippen molar-refractivity contribution in [3.63, 3.8) is 0 Å². The first-order chi connectivity index (χ1) is 14.1. The summed E-state index contributed by atoms with van der Waals surface area (Å²) in [5, 5.41) is 13.5. The minimum absolute atomic E-state index is 0.265. The zero-order valence-corrected chi connectivity index (χ0v) is 16.3. The fraction of sp³-hybridized carbons (Fsp3) is 0.0476. The van der Waals surface area contributed by atoms with Crippen molar-refractivity contribution in [1.82, 2.24) is 20.0 Å². The van der Waals surface area contributed by atoms with E-state index in [2.05, 4.69) is 20.6 Å². The average molecular weight is 403 g/mol. The van der Waals surface area contributed by atoms with Gasteiger partial charge in [0.2, 0.25) is 0 Å². The van der Waals surface area contributed by atoms with E-state index < -0.39 is 0 Å². The van der Waals surface area contributed by atoms with Gasteiger partial charge >= 0.3 is 0 Å². The number of benzene rings is 2. The number of anilines is 1. The third kappa shape index (κ3) is 4.12. The summed E-state index contributed by atoms with van der Waals surface area (Å²) in [5.41, 5.74) is 1.47. The Balaban J connectivity index is 1.58. The molecule has 0 radical (unpaired) electrons. The molecule has 0 saturated heterocycles. The van der Waals surface area contributed by atoms with E-state index in [4.69, 9.17) is 0 Å². The van der Waals surface area contributed by atoms with Crippen LogP contribution in [0.15, 0.2) is 87.5 Å². The summed E-state index contributed by atoms with van der Waals surface area (Å²) in [6.45, 7) is 1.78. The Morgan fingerprint density at radius 3 is 2.55 bits per heavy atom. The van der Waals surface area contributed by atoms with Gasteiger partial charge in [-0.15, -0.1) is 0 Å². The molecule has 0 spiro atoms. The number of para-hydroxylation sites is 1. The standard InChI is InChI=1S/C21H17N5O2S/c1-14-16(13-22-26(14)19-11-12-20(27)25-24-19)21(28)23-17-9-5-6-10-18(17)29-15-7-3-2-4-8-15/h2-13H,1H3,(H,23,28)(H,25,27). The number of aromatic amines is 1. The molecule has 4 aromatic rings. The van der Waals surface area contributed by atoms with Gasteiger partial charge in [-0.25, -0.2) is 9.78 Å². The van der Waals surface area contributed by atoms with E-state index in [0.717, 1.165) is 15.5 Å². The van der Waals surface area contributed by atoms with Crippen molar-refractivity contribution >= 4 is 23.4 Å². The first kappa shape index (κ1) is 18.7. The molecule has 144 valence electrons. The first-order valence-corrected chi connectivity index (χ1v) is 9.67. The quantitative estimate of drug-likeness (QED) is 0.530. The predicted molar refractivity (Wildman–Crippen MR) is 112 cm³/mol. The van der Waals surface area contributed by atoms with Crippen molar-refractivity contribution < 1.29 is 4.79 Å². The summed E-state index contributed by atoms with van der Waals surface area (Å²) < 4.78 is 1.51. The largest absolute Gasteiger partial charge is 0.321 e. The maximum atomic E-state index is 12.9. The molecular formula is C21H17N5O2S. The Labute approximate surface area is 170 Å². The van der Waals surface area contributed by atoms with Crippen molar-refractivity contribution in [2.24, 2.45) is 0 Å². The maximum absolute atomic E-state index is 12.9. The second-order valence-electron chi connectivity index (χ2n) is 6.20. The molecule has 4 rings (SSSR count). The number of nitrogens with zero attached hydrogens (tertiary/aromatic N) is 3. The zero-order valence-electron chi connectivity index (χ0n) is 15.5. The zero-order chi connectivity index (χ0) is 20.2. The van der Waals surface area contributed by atoms with Crippen molar-refractivity contribution in [2.45, 2.75) is 16.7 Å². The minimum Gasteiger partial charge on any atom is -0.321 e. The number of carbonyl (C=O) groups excluding carboxylic acids is 1. The highest BCUT2D eigenvalue weighted by atomic mass is 32.2. The third-order valence-electron chi connectivity index (χ3n) is 4.24. The van der Waals surface area contributed by atoms with E-state index in [1.807, 2.05) is 54.6 Å². The molecule has 2 heterocycles. The monoisotopic (exact) mass is 403 g/mol. The van der Waals surface area contributed by atoms with E-state index in [9.17, 15) is 9.59 Å². The third-order valence-corrected chi connectivity index (χ3v) is 5.33. The van der Waals surface area contributed by atoms with Crippen molar-refractivity contribution in [3.05, 3.63) is 94.5 Å². The van der Waals surface area contributed by atoms with Crippen LogP contribution in [-0.2, 0) is 0 Å². The highest BCUT2D eigenvalue weighted by molar-refractivity contribution is 7.99. The molecule has 0 atom stereocenters. The molecule has 0 unspecified atom stereocenters. The summed E-state index contributed by atoms with van der Waals surface area (Å²) in [6.07, 6.45) is 1.49. The van der Waals surface area contributed by atoms with Gasteiger partial charge in [0.15, 0.2) is 5.82 Å². The van der Waals surface area contributed by atoms with E-state index >= 15 is 0 Å². The molecular weight excluding hydrogens is 386 g/mol. The fourth-order valence-corrected chi connectivity index (χ4v) is 3.71. The van der Waals surface area contributed by atoms with Crippen LogP contribution in [0, 0.1) is 6.92 Å². The van der Waals surface area contributed by atoms with Crippen LogP contribution >= 0.6 is 11.8 Å². The Morgan fingerprint density at radius 2 is 1.79 bits per heavy atom. The van der Waals surface area contributed by atoms with Crippen molar-refractivity contribution in [2.75, 3.05) is 5.32 Å². The first-order valence-electron chi connectivity index (χ1n) is 8.86. The Kier molecular flexibility index (Phi) is 5.26. The summed E-state index contributed by atoms with van der Waals surface area (Å²) in [7, 11) is 0. The van der Waals surface area contributed by atoms with Gasteiger partial charge in [-0.2, -0.15) is 10.2 Å². The van der Waals surface area contributed by atoms with Crippen LogP contribution in [0.5, 0.6) is 0 Å². The second-order valence-corrected chi connectivity index (χ2v) is 7.32. The lowest BCUT2D eigenvalue weighted by Gasteiger charge is -2.11. The van der Waals surface area contributed by atoms with Crippen molar-refractivity contribution in [1.29, 1.82) is 0 Å². The topological polar surface area (TPSA) is 92.7 Å². The van der Waals surface area contributed by atoms with Crippen LogP contribution in [-0.4, -0.2) is 25.9 Å². The summed E-state index contributed by atoms with van der Waals surface area (Å²) in [6, 6.07) is 20.5. The number of hydrogen-bond donors (Lipinski definition) is 2. The van der Waals surface area contributed by atoms with Crippen LogP contribution in [0.2, 0.25) is 0 Å². The van der Waals surface area contributed by atoms with Gasteiger partial charge in [0.1, 0.15) is 0 Å². The van der Waals surface area contributed by atoms with E-state index in [0.29, 0.717) is 17.1 Å². The van der Waals surface area contributed by atoms with Gasteiger partial charge in [-0.3, -0.25) is 9.59 Å². The lowest BCUT2D eigenvalue weighted by atomic mass is 10.2. The summed E-state index contributed by atoms with van der Waals surface area (Å²) >= 11 is 1.58. The van der Waals surface area contributed by atoms with Crippen LogP contribution < -0.4 is 10.9 Å². The SMILES string of the molecule is Cc1c(C(=O)Nc2ccccc2Sc2ccccc2)cnn1-c1ccc(=O)[nH]n1. The van der Waals surface area contributed by atoms with E-state index in [1.54, 1.807) is 24.8 Å². The molecule has 0 aliphatic rings. The predicted octanol–water partition coefficient (Wildman–Crippen LogP) is 3.67. The molecule has 8 heteroatoms. The molecule has 2 N–H and O–H groups in total. The molecule has 0 fully saturated rings. The van der Waals surface area contributed by atoms with Gasteiger partial charge in [-0.1, -0.05) is 42.1 Å². The van der Waals surface area contributed by atoms with Gasteiger partial charge < -0.3 is 5.32 Å². The minimum atomic E-state index is -0.302. The molecule has 2 aromatic carbocycles. The number of aromatic nitrogens is 4. The normalized spacial score (nSPS) is 10.7. The molecule has 7 nitrogen and oxygen atoms in total. The van der Waals surface area contributed by atoms with E-state index in [-0.39, 0.29) is 11.5 Å². The average Bonchev–Trinajstić information content (AvgIpc) is 3.12. The van der Waals surface area contributed by atoms with Gasteiger partial charge in [0.25, 0.3) is 11.5 Å². The van der Waals surface area contributed by atoms with Crippen molar-refractivity contribution in [3.8, 4) is 5.82 Å². The van der Waals surface area contributed by atoms with Gasteiger partial charge in [-0.05, 0) is 37.3 Å². The Bertz CT molecular complexity index is 1200. The van der Waals surface area contributed by atoms with Crippen LogP contribution in [0.3, 0.4) is 0 Å². The highest BCUT2D eigenvalue weighted by Crippen LogP contribution is 2.33. The number of nitrogens with one attached hydrogen (secondary N) is 2. The Morgan fingerprint density at radius 1 is 1.03 bits per heavy atom. The molecule has 29 heavy (non-hydrogen) atoms. The number of H-pyrrole nitrogens is 1.